The smallest absolute Gasteiger partial charge is 0.265 e. The van der Waals surface area contributed by atoms with Crippen LogP contribution in [0.5, 0.6) is 5.75 Å². The molecule has 0 bridgehead atoms. The van der Waals surface area contributed by atoms with E-state index in [2.05, 4.69) is 9.71 Å². The number of carbonyl (C=O) groups is 1. The lowest BCUT2D eigenvalue weighted by molar-refractivity contribution is 0.0728. The van der Waals surface area contributed by atoms with Gasteiger partial charge in [0.2, 0.25) is 10.0 Å². The zero-order valence-corrected chi connectivity index (χ0v) is 20.6. The molecule has 0 saturated carbocycles. The molecule has 8 nitrogen and oxygen atoms in total. The summed E-state index contributed by atoms with van der Waals surface area (Å²) in [6, 6.07) is 8.87. The Morgan fingerprint density at radius 1 is 1.21 bits per heavy atom. The molecule has 0 spiro atoms. The summed E-state index contributed by atoms with van der Waals surface area (Å²) in [5, 5.41) is 0.626. The Hall–Kier alpha value is -2.69. The number of hydrogen-bond acceptors (Lipinski definition) is 6. The minimum absolute atomic E-state index is 0.0106. The molecular weight excluding hydrogens is 460 g/mol. The van der Waals surface area contributed by atoms with Crippen molar-refractivity contribution in [2.45, 2.75) is 37.6 Å². The number of hydrogen-bond donors (Lipinski definition) is 1. The Morgan fingerprint density at radius 2 is 1.94 bits per heavy atom. The third-order valence-electron chi connectivity index (χ3n) is 5.79. The van der Waals surface area contributed by atoms with Gasteiger partial charge in [0, 0.05) is 38.4 Å². The molecule has 10 heteroatoms. The second-order valence-electron chi connectivity index (χ2n) is 8.09. The third kappa shape index (κ3) is 4.97. The van der Waals surface area contributed by atoms with Crippen molar-refractivity contribution in [3.63, 3.8) is 0 Å². The number of benzene rings is 1. The summed E-state index contributed by atoms with van der Waals surface area (Å²) in [5.41, 5.74) is 2.07. The van der Waals surface area contributed by atoms with Gasteiger partial charge in [0.25, 0.3) is 5.91 Å². The van der Waals surface area contributed by atoms with Crippen LogP contribution in [0.2, 0.25) is 0 Å². The first-order valence-electron chi connectivity index (χ1n) is 10.8. The van der Waals surface area contributed by atoms with E-state index >= 15 is 0 Å². The summed E-state index contributed by atoms with van der Waals surface area (Å²) >= 11 is 1.31. The van der Waals surface area contributed by atoms with E-state index in [1.54, 1.807) is 37.1 Å². The quantitative estimate of drug-likeness (QED) is 0.549. The molecular formula is C23H28N4O4S2. The molecule has 0 radical (unpaired) electrons. The zero-order valence-electron chi connectivity index (χ0n) is 19.0. The molecule has 1 aliphatic rings. The molecule has 1 amide bonds. The maximum absolute atomic E-state index is 13.0. The molecule has 176 valence electrons. The van der Waals surface area contributed by atoms with Crippen LogP contribution in [0.15, 0.2) is 41.4 Å². The van der Waals surface area contributed by atoms with Crippen molar-refractivity contribution in [3.05, 3.63) is 52.7 Å². The van der Waals surface area contributed by atoms with Gasteiger partial charge in [-0.15, -0.1) is 11.3 Å². The van der Waals surface area contributed by atoms with Crippen LogP contribution in [0.4, 0.5) is 0 Å². The lowest BCUT2D eigenvalue weighted by Gasteiger charge is -2.26. The number of aromatic nitrogens is 2. The van der Waals surface area contributed by atoms with E-state index in [1.165, 1.54) is 11.3 Å². The van der Waals surface area contributed by atoms with Crippen LogP contribution in [0.25, 0.3) is 10.7 Å². The number of sulfonamides is 1. The molecule has 0 aliphatic carbocycles. The lowest BCUT2D eigenvalue weighted by Crippen LogP contribution is -2.35. The fraction of sp³-hybridized carbons (Fsp3) is 0.391. The van der Waals surface area contributed by atoms with Crippen molar-refractivity contribution in [1.29, 1.82) is 0 Å². The zero-order chi connectivity index (χ0) is 23.6. The number of thiazole rings is 1. The minimum Gasteiger partial charge on any atom is -0.496 e. The Morgan fingerprint density at radius 3 is 2.67 bits per heavy atom. The molecule has 1 N–H and O–H groups in total. The summed E-state index contributed by atoms with van der Waals surface area (Å²) in [7, 11) is -0.427. The Balaban J connectivity index is 1.55. The fourth-order valence-electron chi connectivity index (χ4n) is 3.94. The SMILES string of the molecule is COc1ccccc1CNS(=O)(=O)c1cc(-c2nc(C)c(C(=O)N3CCCCC3)s2)n(C)c1. The Labute approximate surface area is 198 Å². The van der Waals surface area contributed by atoms with Gasteiger partial charge < -0.3 is 14.2 Å². The maximum Gasteiger partial charge on any atom is 0.265 e. The fourth-order valence-corrected chi connectivity index (χ4v) is 6.11. The van der Waals surface area contributed by atoms with Gasteiger partial charge in [0.05, 0.1) is 18.5 Å². The topological polar surface area (TPSA) is 93.5 Å². The number of ether oxygens (including phenoxy) is 1. The van der Waals surface area contributed by atoms with E-state index in [0.29, 0.717) is 27.0 Å². The van der Waals surface area contributed by atoms with Crippen LogP contribution in [0, 0.1) is 6.92 Å². The van der Waals surface area contributed by atoms with Gasteiger partial charge in [-0.25, -0.2) is 18.1 Å². The second kappa shape index (κ2) is 9.66. The predicted molar refractivity (Wildman–Crippen MR) is 128 cm³/mol. The van der Waals surface area contributed by atoms with Gasteiger partial charge in [0.1, 0.15) is 20.5 Å². The van der Waals surface area contributed by atoms with Crippen LogP contribution < -0.4 is 9.46 Å². The van der Waals surface area contributed by atoms with E-state index in [1.807, 2.05) is 30.0 Å². The van der Waals surface area contributed by atoms with Crippen LogP contribution in [0.3, 0.4) is 0 Å². The largest absolute Gasteiger partial charge is 0.496 e. The number of amides is 1. The number of piperidine rings is 1. The summed E-state index contributed by atoms with van der Waals surface area (Å²) in [6.45, 7) is 3.49. The molecule has 1 saturated heterocycles. The van der Waals surface area contributed by atoms with E-state index in [9.17, 15) is 13.2 Å². The average molecular weight is 489 g/mol. The first-order chi connectivity index (χ1) is 15.8. The number of carbonyl (C=O) groups excluding carboxylic acids is 1. The molecule has 2 aromatic heterocycles. The van der Waals surface area contributed by atoms with Gasteiger partial charge in [-0.2, -0.15) is 0 Å². The van der Waals surface area contributed by atoms with Gasteiger partial charge in [-0.1, -0.05) is 18.2 Å². The Bertz CT molecular complexity index is 1260. The summed E-state index contributed by atoms with van der Waals surface area (Å²) < 4.78 is 35.6. The van der Waals surface area contributed by atoms with Gasteiger partial charge >= 0.3 is 0 Å². The van der Waals surface area contributed by atoms with E-state index in [-0.39, 0.29) is 17.3 Å². The van der Waals surface area contributed by atoms with Crippen molar-refractivity contribution in [2.24, 2.45) is 7.05 Å². The predicted octanol–water partition coefficient (Wildman–Crippen LogP) is 3.57. The summed E-state index contributed by atoms with van der Waals surface area (Å²) in [5.74, 6) is 0.634. The monoisotopic (exact) mass is 488 g/mol. The van der Waals surface area contributed by atoms with Crippen molar-refractivity contribution >= 4 is 27.3 Å². The van der Waals surface area contributed by atoms with Crippen LogP contribution in [0.1, 0.15) is 40.2 Å². The second-order valence-corrected chi connectivity index (χ2v) is 10.9. The van der Waals surface area contributed by atoms with E-state index in [4.69, 9.17) is 4.74 Å². The highest BCUT2D eigenvalue weighted by molar-refractivity contribution is 7.89. The first-order valence-corrected chi connectivity index (χ1v) is 13.1. The summed E-state index contributed by atoms with van der Waals surface area (Å²) in [6.07, 6.45) is 4.76. The molecule has 3 heterocycles. The van der Waals surface area contributed by atoms with Gasteiger partial charge in [-0.3, -0.25) is 4.79 Å². The molecule has 1 aliphatic heterocycles. The van der Waals surface area contributed by atoms with E-state index in [0.717, 1.165) is 37.9 Å². The summed E-state index contributed by atoms with van der Waals surface area (Å²) in [4.78, 5) is 20.2. The number of methoxy groups -OCH3 is 1. The average Bonchev–Trinajstić information content (AvgIpc) is 3.41. The molecule has 33 heavy (non-hydrogen) atoms. The number of aryl methyl sites for hydroxylation is 2. The van der Waals surface area contributed by atoms with Crippen LogP contribution >= 0.6 is 11.3 Å². The molecule has 3 aromatic rings. The molecule has 1 fully saturated rings. The first kappa shape index (κ1) is 23.5. The molecule has 0 unspecified atom stereocenters. The third-order valence-corrected chi connectivity index (χ3v) is 8.32. The molecule has 0 atom stereocenters. The normalized spacial score (nSPS) is 14.5. The van der Waals surface area contributed by atoms with Crippen molar-refractivity contribution in [2.75, 3.05) is 20.2 Å². The standard InChI is InChI=1S/C23H28N4O4S2/c1-16-21(23(28)27-11-7-4-8-12-27)32-22(25-16)19-13-18(15-26(19)2)33(29,30)24-14-17-9-5-6-10-20(17)31-3/h5-6,9-10,13,15,24H,4,7-8,11-12,14H2,1-3H3. The molecule has 1 aromatic carbocycles. The maximum atomic E-state index is 13.0. The number of nitrogens with zero attached hydrogens (tertiary/aromatic N) is 3. The number of likely N-dealkylation sites (tertiary alicyclic amines) is 1. The number of nitrogens with one attached hydrogen (secondary N) is 1. The number of para-hydroxylation sites is 1. The van der Waals surface area contributed by atoms with Crippen molar-refractivity contribution in [1.82, 2.24) is 19.2 Å². The highest BCUT2D eigenvalue weighted by Crippen LogP contribution is 2.31. The van der Waals surface area contributed by atoms with Gasteiger partial charge in [-0.05, 0) is 38.3 Å². The lowest BCUT2D eigenvalue weighted by atomic mass is 10.1. The van der Waals surface area contributed by atoms with Crippen LogP contribution in [-0.2, 0) is 23.6 Å². The van der Waals surface area contributed by atoms with E-state index < -0.39 is 10.0 Å². The highest BCUT2D eigenvalue weighted by atomic mass is 32.2. The number of rotatable bonds is 7. The minimum atomic E-state index is -3.75. The highest BCUT2D eigenvalue weighted by Gasteiger charge is 2.25. The van der Waals surface area contributed by atoms with Crippen LogP contribution in [-0.4, -0.2) is 49.0 Å². The van der Waals surface area contributed by atoms with Crippen molar-refractivity contribution in [3.8, 4) is 16.5 Å². The molecule has 4 rings (SSSR count). The van der Waals surface area contributed by atoms with Gasteiger partial charge in [0.15, 0.2) is 0 Å². The van der Waals surface area contributed by atoms with Crippen molar-refractivity contribution < 1.29 is 17.9 Å². The Kier molecular flexibility index (Phi) is 6.87.